The highest BCUT2D eigenvalue weighted by Gasteiger charge is 2.05. The predicted octanol–water partition coefficient (Wildman–Crippen LogP) is 3.28. The summed E-state index contributed by atoms with van der Waals surface area (Å²) < 4.78 is 0. The molecule has 0 radical (unpaired) electrons. The Hall–Kier alpha value is -1.19. The molecular weight excluding hydrogens is 218 g/mol. The number of hydrogen-bond acceptors (Lipinski definition) is 3. The first-order valence-electron chi connectivity index (χ1n) is 3.96. The van der Waals surface area contributed by atoms with Gasteiger partial charge in [-0.1, -0.05) is 17.7 Å². The Balaban J connectivity index is 2.51. The third-order valence-electron chi connectivity index (χ3n) is 1.79. The largest absolute Gasteiger partial charge is 0.298 e. The van der Waals surface area contributed by atoms with Gasteiger partial charge < -0.3 is 0 Å². The molecule has 0 aliphatic carbocycles. The summed E-state index contributed by atoms with van der Waals surface area (Å²) in [7, 11) is 0. The summed E-state index contributed by atoms with van der Waals surface area (Å²) in [4.78, 5) is 14.6. The molecule has 0 aliphatic rings. The van der Waals surface area contributed by atoms with E-state index < -0.39 is 0 Å². The first kappa shape index (κ1) is 9.37. The molecule has 0 saturated carbocycles. The molecule has 14 heavy (non-hydrogen) atoms. The van der Waals surface area contributed by atoms with Gasteiger partial charge in [-0.05, 0) is 12.1 Å². The summed E-state index contributed by atoms with van der Waals surface area (Å²) in [6, 6.07) is 5.19. The number of rotatable bonds is 2. The van der Waals surface area contributed by atoms with Crippen molar-refractivity contribution >= 4 is 29.2 Å². The maximum absolute atomic E-state index is 10.5. The highest BCUT2D eigenvalue weighted by atomic mass is 35.5. The van der Waals surface area contributed by atoms with Crippen LogP contribution in [0.3, 0.4) is 0 Å². The molecule has 0 amide bonds. The lowest BCUT2D eigenvalue weighted by Gasteiger charge is -2.00. The van der Waals surface area contributed by atoms with Crippen LogP contribution >= 0.6 is 22.9 Å². The third kappa shape index (κ3) is 1.69. The number of carbonyl (C=O) groups is 1. The predicted molar refractivity (Wildman–Crippen MR) is 57.9 cm³/mol. The molecule has 0 bridgehead atoms. The summed E-state index contributed by atoms with van der Waals surface area (Å²) >= 11 is 7.53. The first-order chi connectivity index (χ1) is 6.81. The maximum Gasteiger partial charge on any atom is 0.150 e. The molecule has 1 aromatic carbocycles. The van der Waals surface area contributed by atoms with Crippen molar-refractivity contribution in [1.82, 2.24) is 4.98 Å². The lowest BCUT2D eigenvalue weighted by Crippen LogP contribution is -1.82. The van der Waals surface area contributed by atoms with Crippen LogP contribution in [0.5, 0.6) is 0 Å². The Morgan fingerprint density at radius 2 is 2.29 bits per heavy atom. The number of carbonyl (C=O) groups excluding carboxylic acids is 1. The summed E-state index contributed by atoms with van der Waals surface area (Å²) in [5.41, 5.74) is 1.45. The summed E-state index contributed by atoms with van der Waals surface area (Å²) in [6.07, 6.45) is 2.50. The van der Waals surface area contributed by atoms with Gasteiger partial charge in [-0.15, -0.1) is 11.3 Å². The van der Waals surface area contributed by atoms with E-state index >= 15 is 0 Å². The van der Waals surface area contributed by atoms with E-state index in [1.807, 2.05) is 11.4 Å². The van der Waals surface area contributed by atoms with Gasteiger partial charge in [-0.2, -0.15) is 0 Å². The van der Waals surface area contributed by atoms with E-state index in [-0.39, 0.29) is 0 Å². The quantitative estimate of drug-likeness (QED) is 0.732. The van der Waals surface area contributed by atoms with E-state index in [4.69, 9.17) is 11.6 Å². The Bertz CT molecular complexity index is 453. The molecule has 1 heterocycles. The molecule has 2 aromatic rings. The zero-order valence-electron chi connectivity index (χ0n) is 7.11. The maximum atomic E-state index is 10.5. The monoisotopic (exact) mass is 223 g/mol. The van der Waals surface area contributed by atoms with Crippen LogP contribution in [0.2, 0.25) is 5.02 Å². The smallest absolute Gasteiger partial charge is 0.150 e. The summed E-state index contributed by atoms with van der Waals surface area (Å²) in [5, 5.41) is 3.32. The van der Waals surface area contributed by atoms with E-state index in [1.54, 1.807) is 18.3 Å². The third-order valence-corrected chi connectivity index (χ3v) is 2.91. The molecule has 2 nitrogen and oxygen atoms in total. The molecule has 0 unspecified atom stereocenters. The van der Waals surface area contributed by atoms with Crippen LogP contribution in [0.25, 0.3) is 10.6 Å². The van der Waals surface area contributed by atoms with Gasteiger partial charge in [0.15, 0.2) is 0 Å². The minimum atomic E-state index is 0.560. The Morgan fingerprint density at radius 3 is 2.86 bits per heavy atom. The van der Waals surface area contributed by atoms with E-state index in [2.05, 4.69) is 4.98 Å². The summed E-state index contributed by atoms with van der Waals surface area (Å²) in [6.45, 7) is 0. The van der Waals surface area contributed by atoms with Gasteiger partial charge in [-0.25, -0.2) is 4.98 Å². The van der Waals surface area contributed by atoms with Crippen molar-refractivity contribution in [2.75, 3.05) is 0 Å². The minimum absolute atomic E-state index is 0.560. The molecule has 0 saturated heterocycles. The van der Waals surface area contributed by atoms with Gasteiger partial charge in [0.1, 0.15) is 11.3 Å². The van der Waals surface area contributed by atoms with Gasteiger partial charge in [0.2, 0.25) is 0 Å². The molecule has 4 heteroatoms. The molecular formula is C10H6ClNOS. The van der Waals surface area contributed by atoms with Crippen molar-refractivity contribution in [2.45, 2.75) is 0 Å². The second kappa shape index (κ2) is 3.90. The van der Waals surface area contributed by atoms with Crippen LogP contribution in [-0.4, -0.2) is 11.3 Å². The number of thiazole rings is 1. The first-order valence-corrected chi connectivity index (χ1v) is 5.21. The SMILES string of the molecule is O=Cc1ccc(-c2nccs2)c(Cl)c1. The molecule has 1 aromatic heterocycles. The van der Waals surface area contributed by atoms with Crippen LogP contribution in [0.4, 0.5) is 0 Å². The van der Waals surface area contributed by atoms with Gasteiger partial charge in [0.05, 0.1) is 5.02 Å². The highest BCUT2D eigenvalue weighted by Crippen LogP contribution is 2.29. The molecule has 2 rings (SSSR count). The highest BCUT2D eigenvalue weighted by molar-refractivity contribution is 7.13. The van der Waals surface area contributed by atoms with Crippen molar-refractivity contribution in [3.8, 4) is 10.6 Å². The van der Waals surface area contributed by atoms with Crippen LogP contribution in [0.1, 0.15) is 10.4 Å². The number of aldehydes is 1. The molecule has 0 N–H and O–H groups in total. The number of hydrogen-bond donors (Lipinski definition) is 0. The van der Waals surface area contributed by atoms with Gasteiger partial charge in [0, 0.05) is 22.7 Å². The standard InChI is InChI=1S/C10H6ClNOS/c11-9-5-7(6-13)1-2-8(9)10-12-3-4-14-10/h1-6H. The number of benzene rings is 1. The molecule has 0 fully saturated rings. The Labute approximate surface area is 90.2 Å². The average molecular weight is 224 g/mol. The second-order valence-electron chi connectivity index (χ2n) is 2.69. The van der Waals surface area contributed by atoms with Crippen LogP contribution < -0.4 is 0 Å². The van der Waals surface area contributed by atoms with E-state index in [0.717, 1.165) is 16.9 Å². The summed E-state index contributed by atoms with van der Waals surface area (Å²) in [5.74, 6) is 0. The Morgan fingerprint density at radius 1 is 1.43 bits per heavy atom. The van der Waals surface area contributed by atoms with E-state index in [0.29, 0.717) is 10.6 Å². The van der Waals surface area contributed by atoms with Crippen molar-refractivity contribution in [2.24, 2.45) is 0 Å². The number of halogens is 1. The van der Waals surface area contributed by atoms with Crippen molar-refractivity contribution < 1.29 is 4.79 Å². The molecule has 70 valence electrons. The average Bonchev–Trinajstić information content (AvgIpc) is 2.70. The molecule has 0 atom stereocenters. The van der Waals surface area contributed by atoms with Crippen LogP contribution in [-0.2, 0) is 0 Å². The fraction of sp³-hybridized carbons (Fsp3) is 0. The fourth-order valence-electron chi connectivity index (χ4n) is 1.13. The lowest BCUT2D eigenvalue weighted by atomic mass is 10.1. The van der Waals surface area contributed by atoms with Gasteiger partial charge in [0.25, 0.3) is 0 Å². The minimum Gasteiger partial charge on any atom is -0.298 e. The van der Waals surface area contributed by atoms with Crippen molar-refractivity contribution in [1.29, 1.82) is 0 Å². The van der Waals surface area contributed by atoms with Crippen molar-refractivity contribution in [3.05, 3.63) is 40.4 Å². The molecule has 0 aliphatic heterocycles. The normalized spacial score (nSPS) is 10.1. The van der Waals surface area contributed by atoms with E-state index in [1.165, 1.54) is 11.3 Å². The van der Waals surface area contributed by atoms with Gasteiger partial charge in [-0.3, -0.25) is 4.79 Å². The topological polar surface area (TPSA) is 30.0 Å². The Kier molecular flexibility index (Phi) is 2.61. The number of aromatic nitrogens is 1. The molecule has 0 spiro atoms. The van der Waals surface area contributed by atoms with Crippen molar-refractivity contribution in [3.63, 3.8) is 0 Å². The second-order valence-corrected chi connectivity index (χ2v) is 4.00. The zero-order chi connectivity index (χ0) is 9.97. The van der Waals surface area contributed by atoms with Gasteiger partial charge >= 0.3 is 0 Å². The van der Waals surface area contributed by atoms with E-state index in [9.17, 15) is 4.79 Å². The van der Waals surface area contributed by atoms with Crippen LogP contribution in [0, 0.1) is 0 Å². The number of nitrogens with zero attached hydrogens (tertiary/aromatic N) is 1. The van der Waals surface area contributed by atoms with Crippen LogP contribution in [0.15, 0.2) is 29.8 Å². The zero-order valence-corrected chi connectivity index (χ0v) is 8.68. The fourth-order valence-corrected chi connectivity index (χ4v) is 2.15. The lowest BCUT2D eigenvalue weighted by molar-refractivity contribution is 0.112.